The predicted molar refractivity (Wildman–Crippen MR) is 92.2 cm³/mol. The second-order valence-electron chi connectivity index (χ2n) is 5.43. The van der Waals surface area contributed by atoms with E-state index in [4.69, 9.17) is 13.3 Å². The van der Waals surface area contributed by atoms with Gasteiger partial charge in [-0.3, -0.25) is 4.90 Å². The predicted octanol–water partition coefficient (Wildman–Crippen LogP) is 0.920. The van der Waals surface area contributed by atoms with E-state index in [1.165, 1.54) is 0 Å². The van der Waals surface area contributed by atoms with Crippen LogP contribution in [0.3, 0.4) is 0 Å². The van der Waals surface area contributed by atoms with Crippen molar-refractivity contribution in [3.63, 3.8) is 0 Å². The number of piperazine rings is 1. The summed E-state index contributed by atoms with van der Waals surface area (Å²) in [5.41, 5.74) is 0. The molecule has 0 spiro atoms. The third kappa shape index (κ3) is 8.01. The van der Waals surface area contributed by atoms with Gasteiger partial charge in [0.05, 0.1) is 0 Å². The van der Waals surface area contributed by atoms with Gasteiger partial charge in [0.25, 0.3) is 0 Å². The standard InChI is InChI=1S/C15H35N3O3Si/c1-4-19-22(20-5-2,21-6-3)15-7-8-16-9-12-18-13-10-17-11-14-18/h16-17H,4-15H2,1-3H3. The number of nitrogens with one attached hydrogen (secondary N) is 2. The summed E-state index contributed by atoms with van der Waals surface area (Å²) >= 11 is 0. The third-order valence-electron chi connectivity index (χ3n) is 3.74. The van der Waals surface area contributed by atoms with E-state index in [9.17, 15) is 0 Å². The molecule has 1 aliphatic heterocycles. The summed E-state index contributed by atoms with van der Waals surface area (Å²) in [7, 11) is -2.45. The quantitative estimate of drug-likeness (QED) is 0.386. The van der Waals surface area contributed by atoms with Gasteiger partial charge in [-0.25, -0.2) is 0 Å². The van der Waals surface area contributed by atoms with E-state index < -0.39 is 8.80 Å². The van der Waals surface area contributed by atoms with Crippen LogP contribution in [-0.2, 0) is 13.3 Å². The molecule has 1 saturated heterocycles. The highest BCUT2D eigenvalue weighted by molar-refractivity contribution is 6.60. The number of rotatable bonds is 13. The summed E-state index contributed by atoms with van der Waals surface area (Å²) < 4.78 is 17.6. The van der Waals surface area contributed by atoms with E-state index in [-0.39, 0.29) is 0 Å². The largest absolute Gasteiger partial charge is 0.500 e. The summed E-state index contributed by atoms with van der Waals surface area (Å²) in [5.74, 6) is 0. The van der Waals surface area contributed by atoms with Gasteiger partial charge in [-0.05, 0) is 33.7 Å². The molecule has 1 heterocycles. The van der Waals surface area contributed by atoms with E-state index in [0.717, 1.165) is 58.3 Å². The molecule has 0 unspecified atom stereocenters. The molecule has 0 saturated carbocycles. The first-order valence-electron chi connectivity index (χ1n) is 8.82. The Balaban J connectivity index is 2.15. The van der Waals surface area contributed by atoms with Gasteiger partial charge in [0.1, 0.15) is 0 Å². The fraction of sp³-hybridized carbons (Fsp3) is 1.00. The van der Waals surface area contributed by atoms with Crippen LogP contribution in [0.1, 0.15) is 27.2 Å². The lowest BCUT2D eigenvalue weighted by molar-refractivity contribution is 0.0708. The van der Waals surface area contributed by atoms with Crippen molar-refractivity contribution < 1.29 is 13.3 Å². The molecule has 0 aromatic carbocycles. The van der Waals surface area contributed by atoms with Crippen molar-refractivity contribution in [2.75, 3.05) is 65.6 Å². The molecule has 132 valence electrons. The molecule has 1 fully saturated rings. The van der Waals surface area contributed by atoms with Gasteiger partial charge < -0.3 is 23.9 Å². The van der Waals surface area contributed by atoms with E-state index in [1.807, 2.05) is 20.8 Å². The molecular weight excluding hydrogens is 298 g/mol. The van der Waals surface area contributed by atoms with Crippen molar-refractivity contribution in [2.24, 2.45) is 0 Å². The number of hydrogen-bond donors (Lipinski definition) is 2. The molecule has 6 nitrogen and oxygen atoms in total. The minimum Gasteiger partial charge on any atom is -0.374 e. The monoisotopic (exact) mass is 333 g/mol. The van der Waals surface area contributed by atoms with Gasteiger partial charge in [0, 0.05) is 65.1 Å². The first kappa shape index (κ1) is 20.0. The van der Waals surface area contributed by atoms with Crippen molar-refractivity contribution in [1.82, 2.24) is 15.5 Å². The van der Waals surface area contributed by atoms with Crippen LogP contribution in [0.4, 0.5) is 0 Å². The van der Waals surface area contributed by atoms with Crippen LogP contribution in [0.25, 0.3) is 0 Å². The maximum Gasteiger partial charge on any atom is 0.500 e. The summed E-state index contributed by atoms with van der Waals surface area (Å²) in [5, 5.41) is 6.90. The Hall–Kier alpha value is -0.0231. The van der Waals surface area contributed by atoms with Crippen LogP contribution in [0.5, 0.6) is 0 Å². The molecular formula is C15H35N3O3Si. The molecule has 1 rings (SSSR count). The Labute approximate surface area is 137 Å². The van der Waals surface area contributed by atoms with Crippen molar-refractivity contribution >= 4 is 8.80 Å². The molecule has 22 heavy (non-hydrogen) atoms. The SMILES string of the molecule is CCO[Si](CCCNCCN1CCNCC1)(OCC)OCC. The Bertz CT molecular complexity index is 249. The zero-order valence-electron chi connectivity index (χ0n) is 14.7. The molecule has 7 heteroatoms. The third-order valence-corrected chi connectivity index (χ3v) is 6.90. The highest BCUT2D eigenvalue weighted by Crippen LogP contribution is 2.17. The lowest BCUT2D eigenvalue weighted by Gasteiger charge is -2.29. The normalized spacial score (nSPS) is 17.0. The molecule has 0 aliphatic carbocycles. The second-order valence-corrected chi connectivity index (χ2v) is 8.16. The van der Waals surface area contributed by atoms with Crippen LogP contribution in [0.2, 0.25) is 6.04 Å². The van der Waals surface area contributed by atoms with Gasteiger partial charge in [-0.1, -0.05) is 0 Å². The van der Waals surface area contributed by atoms with Crippen molar-refractivity contribution in [3.05, 3.63) is 0 Å². The zero-order valence-corrected chi connectivity index (χ0v) is 15.7. The first-order chi connectivity index (χ1) is 10.8. The van der Waals surface area contributed by atoms with Gasteiger partial charge in [0.15, 0.2) is 0 Å². The van der Waals surface area contributed by atoms with E-state index in [1.54, 1.807) is 0 Å². The molecule has 1 aliphatic rings. The second kappa shape index (κ2) is 12.4. The lowest BCUT2D eigenvalue weighted by Crippen LogP contribution is -2.47. The van der Waals surface area contributed by atoms with Crippen molar-refractivity contribution in [3.8, 4) is 0 Å². The fourth-order valence-electron chi connectivity index (χ4n) is 2.73. The molecule has 0 radical (unpaired) electrons. The van der Waals surface area contributed by atoms with Crippen LogP contribution in [-0.4, -0.2) is 79.3 Å². The van der Waals surface area contributed by atoms with Crippen molar-refractivity contribution in [1.29, 1.82) is 0 Å². The lowest BCUT2D eigenvalue weighted by atomic mass is 10.3. The molecule has 0 atom stereocenters. The molecule has 0 bridgehead atoms. The van der Waals surface area contributed by atoms with Crippen molar-refractivity contribution in [2.45, 2.75) is 33.2 Å². The number of nitrogens with zero attached hydrogens (tertiary/aromatic N) is 1. The minimum absolute atomic E-state index is 0.655. The topological polar surface area (TPSA) is 55.0 Å². The smallest absolute Gasteiger partial charge is 0.374 e. The van der Waals surface area contributed by atoms with Gasteiger partial charge in [-0.15, -0.1) is 0 Å². The Morgan fingerprint density at radius 2 is 1.55 bits per heavy atom. The van der Waals surface area contributed by atoms with Gasteiger partial charge >= 0.3 is 8.80 Å². The van der Waals surface area contributed by atoms with E-state index >= 15 is 0 Å². The fourth-order valence-corrected chi connectivity index (χ4v) is 5.34. The van der Waals surface area contributed by atoms with Crippen LogP contribution >= 0.6 is 0 Å². The van der Waals surface area contributed by atoms with E-state index in [0.29, 0.717) is 19.8 Å². The first-order valence-corrected chi connectivity index (χ1v) is 10.7. The summed E-state index contributed by atoms with van der Waals surface area (Å²) in [4.78, 5) is 2.50. The Morgan fingerprint density at radius 1 is 0.955 bits per heavy atom. The molecule has 0 aromatic heterocycles. The van der Waals surface area contributed by atoms with Crippen LogP contribution < -0.4 is 10.6 Å². The highest BCUT2D eigenvalue weighted by atomic mass is 28.4. The summed E-state index contributed by atoms with van der Waals surface area (Å²) in [6.45, 7) is 15.7. The average Bonchev–Trinajstić information content (AvgIpc) is 2.52. The zero-order chi connectivity index (χ0) is 16.1. The van der Waals surface area contributed by atoms with Gasteiger partial charge in [-0.2, -0.15) is 0 Å². The molecule has 2 N–H and O–H groups in total. The average molecular weight is 334 g/mol. The number of hydrogen-bond acceptors (Lipinski definition) is 6. The maximum atomic E-state index is 5.86. The summed E-state index contributed by atoms with van der Waals surface area (Å²) in [6, 6.07) is 0.892. The van der Waals surface area contributed by atoms with Gasteiger partial charge in [0.2, 0.25) is 0 Å². The molecule has 0 amide bonds. The van der Waals surface area contributed by atoms with Crippen LogP contribution in [0.15, 0.2) is 0 Å². The van der Waals surface area contributed by atoms with Crippen LogP contribution in [0, 0.1) is 0 Å². The Morgan fingerprint density at radius 3 is 2.09 bits per heavy atom. The maximum absolute atomic E-state index is 5.86. The Kier molecular flexibility index (Phi) is 11.3. The highest BCUT2D eigenvalue weighted by Gasteiger charge is 2.39. The molecule has 0 aromatic rings. The van der Waals surface area contributed by atoms with E-state index in [2.05, 4.69) is 15.5 Å². The minimum atomic E-state index is -2.45. The summed E-state index contributed by atoms with van der Waals surface area (Å²) in [6.07, 6.45) is 1.04.